The maximum atomic E-state index is 11.6. The number of hydrogen-bond donors (Lipinski definition) is 0. The smallest absolute Gasteiger partial charge is 0.456 e. The fourth-order valence-electron chi connectivity index (χ4n) is 0.673. The minimum Gasteiger partial charge on any atom is -0.456 e. The Morgan fingerprint density at radius 2 is 2.08 bits per heavy atom. The molecule has 0 spiro atoms. The topological polar surface area (TPSA) is 26.3 Å². The number of ether oxygens (including phenoxy) is 1. The first kappa shape index (κ1) is 12.7. The highest BCUT2D eigenvalue weighted by Crippen LogP contribution is 2.18. The maximum absolute atomic E-state index is 11.6. The predicted octanol–water partition coefficient (Wildman–Crippen LogP) is 2.66. The van der Waals surface area contributed by atoms with Crippen LogP contribution in [0.5, 0.6) is 0 Å². The van der Waals surface area contributed by atoms with Crippen molar-refractivity contribution in [3.63, 3.8) is 0 Å². The Labute approximate surface area is 82.6 Å². The van der Waals surface area contributed by atoms with Gasteiger partial charge in [-0.2, -0.15) is 13.2 Å². The molecule has 0 aromatic carbocycles. The summed E-state index contributed by atoms with van der Waals surface area (Å²) >= 11 is 3.12. The van der Waals surface area contributed by atoms with Gasteiger partial charge in [0.2, 0.25) is 0 Å². The number of hydrogen-bond acceptors (Lipinski definition) is 2. The molecule has 13 heavy (non-hydrogen) atoms. The van der Waals surface area contributed by atoms with Crippen LogP contribution in [-0.2, 0) is 9.53 Å². The summed E-state index contributed by atoms with van der Waals surface area (Å²) in [4.78, 5) is 10.3. The molecule has 2 nitrogen and oxygen atoms in total. The summed E-state index contributed by atoms with van der Waals surface area (Å²) in [6.45, 7) is 1.44. The van der Waals surface area contributed by atoms with Crippen molar-refractivity contribution in [3.8, 4) is 0 Å². The number of rotatable bonds is 4. The molecule has 1 atom stereocenters. The van der Waals surface area contributed by atoms with Gasteiger partial charge in [0.25, 0.3) is 0 Å². The molecule has 0 rings (SSSR count). The molecule has 0 heterocycles. The third-order valence-electron chi connectivity index (χ3n) is 1.28. The lowest BCUT2D eigenvalue weighted by atomic mass is 10.2. The number of alkyl halides is 4. The van der Waals surface area contributed by atoms with Gasteiger partial charge in [-0.15, -0.1) is 0 Å². The van der Waals surface area contributed by atoms with Gasteiger partial charge in [-0.3, -0.25) is 0 Å². The van der Waals surface area contributed by atoms with E-state index in [0.29, 0.717) is 18.2 Å². The van der Waals surface area contributed by atoms with Gasteiger partial charge in [0.15, 0.2) is 0 Å². The lowest BCUT2D eigenvalue weighted by Gasteiger charge is -2.13. The molecule has 6 heteroatoms. The van der Waals surface area contributed by atoms with Crippen LogP contribution in [0.4, 0.5) is 13.2 Å². The summed E-state index contributed by atoms with van der Waals surface area (Å²) in [5.41, 5.74) is 0. The molecule has 0 bridgehead atoms. The van der Waals surface area contributed by atoms with E-state index in [1.807, 2.05) is 0 Å². The van der Waals surface area contributed by atoms with Crippen LogP contribution < -0.4 is 0 Å². The van der Waals surface area contributed by atoms with E-state index in [1.54, 1.807) is 0 Å². The molecule has 0 fully saturated rings. The minimum absolute atomic E-state index is 0.424. The minimum atomic E-state index is -4.89. The standard InChI is InChI=1S/C7H10BrF3O2/c1-5(3-2-4-8)13-6(12)7(9,10)11/h5H,2-4H2,1H3/t5-/m1/s1. The van der Waals surface area contributed by atoms with Gasteiger partial charge in [0.1, 0.15) is 0 Å². The molecular formula is C7H10BrF3O2. The first-order valence-corrected chi connectivity index (χ1v) is 4.84. The van der Waals surface area contributed by atoms with Gasteiger partial charge in [-0.25, -0.2) is 4.79 Å². The van der Waals surface area contributed by atoms with Gasteiger partial charge in [0, 0.05) is 5.33 Å². The average Bonchev–Trinajstić information content (AvgIpc) is 1.99. The third-order valence-corrected chi connectivity index (χ3v) is 1.84. The molecule has 0 amide bonds. The van der Waals surface area contributed by atoms with E-state index in [-0.39, 0.29) is 0 Å². The molecular weight excluding hydrogens is 253 g/mol. The largest absolute Gasteiger partial charge is 0.490 e. The fourth-order valence-corrected chi connectivity index (χ4v) is 0.997. The molecule has 0 aliphatic heterocycles. The van der Waals surface area contributed by atoms with Gasteiger partial charge >= 0.3 is 12.1 Å². The van der Waals surface area contributed by atoms with Crippen molar-refractivity contribution in [2.45, 2.75) is 32.0 Å². The van der Waals surface area contributed by atoms with Crippen molar-refractivity contribution >= 4 is 21.9 Å². The van der Waals surface area contributed by atoms with Gasteiger partial charge in [0.05, 0.1) is 6.10 Å². The summed E-state index contributed by atoms with van der Waals surface area (Å²) in [5, 5.41) is 0.681. The highest BCUT2D eigenvalue weighted by molar-refractivity contribution is 9.09. The normalized spacial score (nSPS) is 13.9. The highest BCUT2D eigenvalue weighted by atomic mass is 79.9. The number of carbonyl (C=O) groups is 1. The Hall–Kier alpha value is -0.260. The second kappa shape index (κ2) is 5.47. The quantitative estimate of drug-likeness (QED) is 0.575. The van der Waals surface area contributed by atoms with E-state index in [2.05, 4.69) is 20.7 Å². The zero-order chi connectivity index (χ0) is 10.5. The second-order valence-electron chi connectivity index (χ2n) is 2.54. The van der Waals surface area contributed by atoms with Crippen LogP contribution in [0.15, 0.2) is 0 Å². The molecule has 0 saturated carbocycles. The van der Waals surface area contributed by atoms with Crippen molar-refractivity contribution in [2.24, 2.45) is 0 Å². The lowest BCUT2D eigenvalue weighted by molar-refractivity contribution is -0.204. The van der Waals surface area contributed by atoms with Crippen molar-refractivity contribution in [2.75, 3.05) is 5.33 Å². The van der Waals surface area contributed by atoms with Crippen molar-refractivity contribution in [1.29, 1.82) is 0 Å². The van der Waals surface area contributed by atoms with E-state index < -0.39 is 18.2 Å². The molecule has 0 aromatic rings. The Morgan fingerprint density at radius 1 is 1.54 bits per heavy atom. The summed E-state index contributed by atoms with van der Waals surface area (Å²) in [6, 6.07) is 0. The van der Waals surface area contributed by atoms with E-state index in [4.69, 9.17) is 0 Å². The van der Waals surface area contributed by atoms with Gasteiger partial charge < -0.3 is 4.74 Å². The van der Waals surface area contributed by atoms with Gasteiger partial charge in [-0.1, -0.05) is 15.9 Å². The van der Waals surface area contributed by atoms with Crippen LogP contribution in [0.2, 0.25) is 0 Å². The Bertz CT molecular complexity index is 170. The van der Waals surface area contributed by atoms with Crippen molar-refractivity contribution < 1.29 is 22.7 Å². The molecule has 0 saturated heterocycles. The molecule has 78 valence electrons. The van der Waals surface area contributed by atoms with Crippen LogP contribution in [0.3, 0.4) is 0 Å². The molecule has 0 N–H and O–H groups in total. The summed E-state index contributed by atoms with van der Waals surface area (Å²) in [6.07, 6.45) is -4.48. The fraction of sp³-hybridized carbons (Fsp3) is 0.857. The summed E-state index contributed by atoms with van der Waals surface area (Å²) < 4.78 is 39.1. The lowest BCUT2D eigenvalue weighted by Crippen LogP contribution is -2.28. The van der Waals surface area contributed by atoms with Crippen LogP contribution >= 0.6 is 15.9 Å². The number of halogens is 4. The first-order valence-electron chi connectivity index (χ1n) is 3.71. The Kier molecular flexibility index (Phi) is 5.36. The monoisotopic (exact) mass is 262 g/mol. The van der Waals surface area contributed by atoms with Crippen LogP contribution in [0.25, 0.3) is 0 Å². The first-order chi connectivity index (χ1) is 5.88. The molecule has 0 radical (unpaired) electrons. The second-order valence-corrected chi connectivity index (χ2v) is 3.34. The van der Waals surface area contributed by atoms with Crippen LogP contribution in [0, 0.1) is 0 Å². The number of esters is 1. The zero-order valence-corrected chi connectivity index (χ0v) is 8.61. The SMILES string of the molecule is C[C@H](CCCBr)OC(=O)C(F)(F)F. The summed E-state index contributed by atoms with van der Waals surface area (Å²) in [5.74, 6) is -2.12. The van der Waals surface area contributed by atoms with E-state index in [1.165, 1.54) is 6.92 Å². The summed E-state index contributed by atoms with van der Waals surface area (Å²) in [7, 11) is 0. The molecule has 0 aliphatic rings. The zero-order valence-electron chi connectivity index (χ0n) is 7.03. The Balaban J connectivity index is 3.79. The van der Waals surface area contributed by atoms with E-state index >= 15 is 0 Å². The van der Waals surface area contributed by atoms with Crippen LogP contribution in [0.1, 0.15) is 19.8 Å². The predicted molar refractivity (Wildman–Crippen MR) is 44.6 cm³/mol. The van der Waals surface area contributed by atoms with Crippen LogP contribution in [-0.4, -0.2) is 23.6 Å². The van der Waals surface area contributed by atoms with E-state index in [9.17, 15) is 18.0 Å². The van der Waals surface area contributed by atoms with Crippen molar-refractivity contribution in [1.82, 2.24) is 0 Å². The maximum Gasteiger partial charge on any atom is 0.490 e. The van der Waals surface area contributed by atoms with E-state index in [0.717, 1.165) is 0 Å². The van der Waals surface area contributed by atoms with Gasteiger partial charge in [-0.05, 0) is 19.8 Å². The van der Waals surface area contributed by atoms with Crippen molar-refractivity contribution in [3.05, 3.63) is 0 Å². The Morgan fingerprint density at radius 3 is 2.46 bits per heavy atom. The average molecular weight is 263 g/mol. The molecule has 0 aliphatic carbocycles. The number of carbonyl (C=O) groups excluding carboxylic acids is 1. The third kappa shape index (κ3) is 5.90. The highest BCUT2D eigenvalue weighted by Gasteiger charge is 2.41. The molecule has 0 aromatic heterocycles. The molecule has 0 unspecified atom stereocenters.